The van der Waals surface area contributed by atoms with E-state index in [1.165, 1.54) is 44.3 Å². The Morgan fingerprint density at radius 3 is 2.65 bits per heavy atom. The van der Waals surface area contributed by atoms with E-state index in [1.807, 2.05) is 12.1 Å². The minimum absolute atomic E-state index is 0.659. The summed E-state index contributed by atoms with van der Waals surface area (Å²) < 4.78 is 0. The second kappa shape index (κ2) is 6.46. The number of hydrogen-bond donors (Lipinski definition) is 1. The van der Waals surface area contributed by atoms with E-state index in [-0.39, 0.29) is 0 Å². The molecule has 0 aliphatic heterocycles. The van der Waals surface area contributed by atoms with E-state index < -0.39 is 0 Å². The summed E-state index contributed by atoms with van der Waals surface area (Å²) in [6, 6.07) is 9.86. The predicted octanol–water partition coefficient (Wildman–Crippen LogP) is 3.66. The number of rotatable bonds is 7. The van der Waals surface area contributed by atoms with Crippen molar-refractivity contribution in [1.29, 1.82) is 0 Å². The van der Waals surface area contributed by atoms with Crippen molar-refractivity contribution in [2.75, 3.05) is 19.6 Å². The van der Waals surface area contributed by atoms with Crippen LogP contribution in [0.25, 0.3) is 0 Å². The Bertz CT molecular complexity index is 438. The number of nitrogens with one attached hydrogen (secondary N) is 1. The van der Waals surface area contributed by atoms with E-state index >= 15 is 0 Å². The summed E-state index contributed by atoms with van der Waals surface area (Å²) in [6.45, 7) is 5.80. The van der Waals surface area contributed by atoms with Gasteiger partial charge in [0.2, 0.25) is 0 Å². The lowest BCUT2D eigenvalue weighted by atomic mass is 9.76. The van der Waals surface area contributed by atoms with Gasteiger partial charge in [-0.1, -0.05) is 36.7 Å². The Morgan fingerprint density at radius 1 is 1.25 bits per heavy atom. The lowest BCUT2D eigenvalue weighted by Gasteiger charge is -2.37. The van der Waals surface area contributed by atoms with Gasteiger partial charge in [0.1, 0.15) is 0 Å². The zero-order valence-electron chi connectivity index (χ0n) is 12.3. The number of halogens is 1. The molecule has 0 bridgehead atoms. The maximum Gasteiger partial charge on any atom is 0.0440 e. The minimum Gasteiger partial charge on any atom is -0.313 e. The number of hydrogen-bond acceptors (Lipinski definition) is 2. The predicted molar refractivity (Wildman–Crippen MR) is 85.5 cm³/mol. The van der Waals surface area contributed by atoms with E-state index in [0.29, 0.717) is 12.0 Å². The number of benzene rings is 1. The Kier molecular flexibility index (Phi) is 4.65. The van der Waals surface area contributed by atoms with Crippen LogP contribution < -0.4 is 5.32 Å². The van der Waals surface area contributed by atoms with Crippen molar-refractivity contribution in [3.8, 4) is 0 Å². The highest BCUT2D eigenvalue weighted by Gasteiger charge is 2.31. The molecule has 20 heavy (non-hydrogen) atoms. The molecule has 0 radical (unpaired) electrons. The fourth-order valence-corrected chi connectivity index (χ4v) is 3.59. The van der Waals surface area contributed by atoms with E-state index in [0.717, 1.165) is 17.6 Å². The van der Waals surface area contributed by atoms with Gasteiger partial charge in [-0.2, -0.15) is 0 Å². The summed E-state index contributed by atoms with van der Waals surface area (Å²) in [4.78, 5) is 2.61. The van der Waals surface area contributed by atoms with Crippen LogP contribution in [-0.2, 0) is 0 Å². The molecule has 2 nitrogen and oxygen atoms in total. The number of nitrogens with zero attached hydrogens (tertiary/aromatic N) is 1. The molecule has 0 amide bonds. The molecule has 3 rings (SSSR count). The van der Waals surface area contributed by atoms with Gasteiger partial charge in [0.25, 0.3) is 0 Å². The van der Waals surface area contributed by atoms with E-state index in [2.05, 4.69) is 29.3 Å². The normalized spacial score (nSPS) is 25.8. The third-order valence-corrected chi connectivity index (χ3v) is 5.13. The molecule has 110 valence electrons. The molecular formula is C17H25ClN2. The van der Waals surface area contributed by atoms with Gasteiger partial charge in [0.05, 0.1) is 0 Å². The first kappa shape index (κ1) is 14.4. The quantitative estimate of drug-likeness (QED) is 0.825. The van der Waals surface area contributed by atoms with Crippen LogP contribution in [0.1, 0.15) is 44.1 Å². The monoisotopic (exact) mass is 292 g/mol. The van der Waals surface area contributed by atoms with Crippen molar-refractivity contribution >= 4 is 11.6 Å². The zero-order valence-corrected chi connectivity index (χ0v) is 13.1. The van der Waals surface area contributed by atoms with Crippen molar-refractivity contribution in [3.63, 3.8) is 0 Å². The highest BCUT2D eigenvalue weighted by molar-refractivity contribution is 6.31. The Hall–Kier alpha value is -0.570. The first-order chi connectivity index (χ1) is 9.78. The molecule has 1 aromatic rings. The maximum absolute atomic E-state index is 6.26. The molecule has 3 heteroatoms. The Labute approximate surface area is 127 Å². The van der Waals surface area contributed by atoms with Crippen LogP contribution in [0.15, 0.2) is 24.3 Å². The van der Waals surface area contributed by atoms with Gasteiger partial charge in [-0.05, 0) is 49.8 Å². The average molecular weight is 293 g/mol. The maximum atomic E-state index is 6.26. The minimum atomic E-state index is 0.659. The van der Waals surface area contributed by atoms with Crippen LogP contribution in [0.3, 0.4) is 0 Å². The molecule has 2 aliphatic carbocycles. The summed E-state index contributed by atoms with van der Waals surface area (Å²) in [5.74, 6) is 0.659. The van der Waals surface area contributed by atoms with Crippen molar-refractivity contribution < 1.29 is 0 Å². The summed E-state index contributed by atoms with van der Waals surface area (Å²) in [7, 11) is 0. The largest absolute Gasteiger partial charge is 0.313 e. The fraction of sp³-hybridized carbons (Fsp3) is 0.647. The topological polar surface area (TPSA) is 15.3 Å². The third-order valence-electron chi connectivity index (χ3n) is 4.78. The van der Waals surface area contributed by atoms with Gasteiger partial charge >= 0.3 is 0 Å². The van der Waals surface area contributed by atoms with Gasteiger partial charge in [0.15, 0.2) is 0 Å². The molecule has 1 N–H and O–H groups in total. The van der Waals surface area contributed by atoms with Gasteiger partial charge in [-0.15, -0.1) is 0 Å². The van der Waals surface area contributed by atoms with Gasteiger partial charge < -0.3 is 5.32 Å². The molecule has 2 saturated carbocycles. The molecular weight excluding hydrogens is 268 g/mol. The van der Waals surface area contributed by atoms with Crippen LogP contribution in [0.5, 0.6) is 0 Å². The second-order valence-corrected chi connectivity index (χ2v) is 6.61. The summed E-state index contributed by atoms with van der Waals surface area (Å²) in [6.07, 6.45) is 5.29. The zero-order chi connectivity index (χ0) is 13.9. The number of likely N-dealkylation sites (N-methyl/N-ethyl adjacent to an activating group) is 1. The average Bonchev–Trinajstić information content (AvgIpc) is 3.22. The van der Waals surface area contributed by atoms with Gasteiger partial charge in [-0.3, -0.25) is 4.90 Å². The Morgan fingerprint density at radius 2 is 2.00 bits per heavy atom. The van der Waals surface area contributed by atoms with Crippen LogP contribution in [-0.4, -0.2) is 36.6 Å². The van der Waals surface area contributed by atoms with Crippen LogP contribution in [0, 0.1) is 0 Å². The van der Waals surface area contributed by atoms with Crippen molar-refractivity contribution in [2.24, 2.45) is 0 Å². The summed E-state index contributed by atoms with van der Waals surface area (Å²) in [5, 5.41) is 4.63. The summed E-state index contributed by atoms with van der Waals surface area (Å²) in [5.41, 5.74) is 1.33. The lowest BCUT2D eigenvalue weighted by Crippen LogP contribution is -2.44. The highest BCUT2D eigenvalue weighted by atomic mass is 35.5. The fourth-order valence-electron chi connectivity index (χ4n) is 3.30. The molecule has 0 aromatic heterocycles. The molecule has 2 fully saturated rings. The van der Waals surface area contributed by atoms with E-state index in [1.54, 1.807) is 0 Å². The molecule has 2 aliphatic rings. The van der Waals surface area contributed by atoms with Crippen molar-refractivity contribution in [1.82, 2.24) is 10.2 Å². The van der Waals surface area contributed by atoms with Crippen LogP contribution >= 0.6 is 11.6 Å². The van der Waals surface area contributed by atoms with Crippen molar-refractivity contribution in [3.05, 3.63) is 34.9 Å². The lowest BCUT2D eigenvalue weighted by molar-refractivity contribution is 0.244. The summed E-state index contributed by atoms with van der Waals surface area (Å²) >= 11 is 6.26. The van der Waals surface area contributed by atoms with E-state index in [9.17, 15) is 0 Å². The first-order valence-corrected chi connectivity index (χ1v) is 8.37. The molecule has 0 heterocycles. The van der Waals surface area contributed by atoms with Crippen LogP contribution in [0.2, 0.25) is 5.02 Å². The van der Waals surface area contributed by atoms with Crippen LogP contribution in [0.4, 0.5) is 0 Å². The third kappa shape index (κ3) is 3.36. The standard InChI is InChI=1S/C17H25ClN2/c1-2-20(15-7-8-15)10-9-19-14-11-13(12-14)16-5-3-4-6-17(16)18/h3-6,13-15,19H,2,7-12H2,1H3. The Balaban J connectivity index is 1.37. The van der Waals surface area contributed by atoms with Crippen molar-refractivity contribution in [2.45, 2.75) is 50.6 Å². The molecule has 0 saturated heterocycles. The van der Waals surface area contributed by atoms with Gasteiger partial charge in [0, 0.05) is 30.2 Å². The van der Waals surface area contributed by atoms with Gasteiger partial charge in [-0.25, -0.2) is 0 Å². The molecule has 0 spiro atoms. The molecule has 0 unspecified atom stereocenters. The molecule has 1 aromatic carbocycles. The SMILES string of the molecule is CCN(CCNC1CC(c2ccccc2Cl)C1)C1CC1. The molecule has 0 atom stereocenters. The van der Waals surface area contributed by atoms with E-state index in [4.69, 9.17) is 11.6 Å². The second-order valence-electron chi connectivity index (χ2n) is 6.20. The first-order valence-electron chi connectivity index (χ1n) is 7.99. The smallest absolute Gasteiger partial charge is 0.0440 e. The highest BCUT2D eigenvalue weighted by Crippen LogP contribution is 2.39.